The number of pyridine rings is 1. The molecule has 1 unspecified atom stereocenters. The van der Waals surface area contributed by atoms with E-state index in [1.165, 1.54) is 17.2 Å². The van der Waals surface area contributed by atoms with E-state index < -0.39 is 31.1 Å². The van der Waals surface area contributed by atoms with Gasteiger partial charge in [0.05, 0.1) is 18.6 Å². The van der Waals surface area contributed by atoms with Crippen molar-refractivity contribution in [1.29, 1.82) is 0 Å². The number of rotatable bonds is 3. The van der Waals surface area contributed by atoms with E-state index in [-0.39, 0.29) is 0 Å². The second kappa shape index (κ2) is 5.87. The molecule has 9 nitrogen and oxygen atoms in total. The molecule has 0 aliphatic carbocycles. The molecule has 9 heteroatoms. The maximum absolute atomic E-state index is 10.2. The van der Waals surface area contributed by atoms with Crippen LogP contribution in [0.2, 0.25) is 0 Å². The molecule has 4 atom stereocenters. The standard InChI is InChI=1S/C15H15N5O4/c21-5-9-12(22)13(23)15(24-9)20-7-19-11-10(17-6-18-14(11)20)8-3-1-2-4-16-8/h1-4,6-7,9,12-13,15,21-23H,5H2/t9-,12-,13-,15?/m1/s1. The fourth-order valence-electron chi connectivity index (χ4n) is 2.84. The summed E-state index contributed by atoms with van der Waals surface area (Å²) in [7, 11) is 0. The number of nitrogens with zero attached hydrogens (tertiary/aromatic N) is 5. The molecule has 4 heterocycles. The highest BCUT2D eigenvalue weighted by atomic mass is 16.6. The Bertz CT molecular complexity index is 855. The van der Waals surface area contributed by atoms with Crippen molar-refractivity contribution in [3.63, 3.8) is 0 Å². The van der Waals surface area contributed by atoms with Crippen molar-refractivity contribution in [2.75, 3.05) is 6.61 Å². The normalized spacial score (nSPS) is 27.0. The van der Waals surface area contributed by atoms with Gasteiger partial charge in [0, 0.05) is 6.20 Å². The SMILES string of the molecule is OC[C@H]1OC(n2cnc3c(-c4ccccn4)ncnc32)[C@H](O)[C@@H]1O. The van der Waals surface area contributed by atoms with Crippen LogP contribution in [0.3, 0.4) is 0 Å². The van der Waals surface area contributed by atoms with Crippen LogP contribution in [0.15, 0.2) is 37.1 Å². The third-order valence-electron chi connectivity index (χ3n) is 4.06. The molecule has 4 rings (SSSR count). The largest absolute Gasteiger partial charge is 0.394 e. The maximum atomic E-state index is 10.2. The van der Waals surface area contributed by atoms with Gasteiger partial charge in [-0.15, -0.1) is 0 Å². The summed E-state index contributed by atoms with van der Waals surface area (Å²) in [6.45, 7) is -0.393. The second-order valence-electron chi connectivity index (χ2n) is 5.49. The molecule has 3 aromatic rings. The van der Waals surface area contributed by atoms with E-state index in [1.54, 1.807) is 12.3 Å². The second-order valence-corrected chi connectivity index (χ2v) is 5.49. The third-order valence-corrected chi connectivity index (χ3v) is 4.06. The van der Waals surface area contributed by atoms with E-state index in [0.717, 1.165) is 0 Å². The molecule has 0 radical (unpaired) electrons. The molecule has 0 bridgehead atoms. The lowest BCUT2D eigenvalue weighted by Gasteiger charge is -2.16. The van der Waals surface area contributed by atoms with E-state index in [0.29, 0.717) is 22.6 Å². The lowest BCUT2D eigenvalue weighted by molar-refractivity contribution is -0.0511. The third kappa shape index (κ3) is 2.26. The molecule has 24 heavy (non-hydrogen) atoms. The summed E-state index contributed by atoms with van der Waals surface area (Å²) >= 11 is 0. The molecule has 0 amide bonds. The topological polar surface area (TPSA) is 126 Å². The van der Waals surface area contributed by atoms with Crippen LogP contribution in [-0.2, 0) is 4.74 Å². The Morgan fingerprint density at radius 3 is 2.67 bits per heavy atom. The van der Waals surface area contributed by atoms with Crippen molar-refractivity contribution in [1.82, 2.24) is 24.5 Å². The summed E-state index contributed by atoms with van der Waals surface area (Å²) in [4.78, 5) is 17.0. The molecular weight excluding hydrogens is 314 g/mol. The molecule has 0 saturated carbocycles. The number of hydrogen-bond donors (Lipinski definition) is 3. The number of aromatic nitrogens is 5. The van der Waals surface area contributed by atoms with E-state index in [1.807, 2.05) is 12.1 Å². The summed E-state index contributed by atoms with van der Waals surface area (Å²) < 4.78 is 7.05. The van der Waals surface area contributed by atoms with Gasteiger partial charge in [-0.25, -0.2) is 15.0 Å². The van der Waals surface area contributed by atoms with E-state index in [4.69, 9.17) is 4.74 Å². The number of aliphatic hydroxyl groups excluding tert-OH is 3. The fraction of sp³-hybridized carbons (Fsp3) is 0.333. The Balaban J connectivity index is 1.80. The summed E-state index contributed by atoms with van der Waals surface area (Å²) in [5, 5.41) is 29.3. The van der Waals surface area contributed by atoms with Crippen molar-refractivity contribution >= 4 is 11.2 Å². The van der Waals surface area contributed by atoms with Gasteiger partial charge >= 0.3 is 0 Å². The van der Waals surface area contributed by atoms with Crippen LogP contribution in [0.4, 0.5) is 0 Å². The average molecular weight is 329 g/mol. The number of aliphatic hydroxyl groups is 3. The average Bonchev–Trinajstić information content (AvgIpc) is 3.17. The first kappa shape index (κ1) is 15.1. The molecule has 1 saturated heterocycles. The quantitative estimate of drug-likeness (QED) is 0.587. The monoisotopic (exact) mass is 329 g/mol. The molecular formula is C15H15N5O4. The van der Waals surface area contributed by atoms with Gasteiger partial charge in [-0.2, -0.15) is 0 Å². The number of hydrogen-bond acceptors (Lipinski definition) is 8. The van der Waals surface area contributed by atoms with E-state index >= 15 is 0 Å². The minimum atomic E-state index is -1.20. The van der Waals surface area contributed by atoms with E-state index in [9.17, 15) is 15.3 Å². The van der Waals surface area contributed by atoms with Gasteiger partial charge in [-0.1, -0.05) is 6.07 Å². The van der Waals surface area contributed by atoms with Crippen molar-refractivity contribution < 1.29 is 20.1 Å². The predicted octanol–water partition coefficient (Wildman–Crippen LogP) is -0.500. The number of imidazole rings is 1. The molecule has 1 fully saturated rings. The zero-order chi connectivity index (χ0) is 16.7. The Morgan fingerprint density at radius 2 is 1.96 bits per heavy atom. The van der Waals surface area contributed by atoms with Crippen molar-refractivity contribution in [3.8, 4) is 11.4 Å². The predicted molar refractivity (Wildman–Crippen MR) is 81.6 cm³/mol. The Morgan fingerprint density at radius 1 is 1.08 bits per heavy atom. The Hall–Kier alpha value is -2.46. The van der Waals surface area contributed by atoms with Gasteiger partial charge in [0.1, 0.15) is 35.8 Å². The van der Waals surface area contributed by atoms with Crippen molar-refractivity contribution in [2.24, 2.45) is 0 Å². The first-order chi connectivity index (χ1) is 11.7. The van der Waals surface area contributed by atoms with Crippen molar-refractivity contribution in [3.05, 3.63) is 37.1 Å². The van der Waals surface area contributed by atoms with Gasteiger partial charge in [0.15, 0.2) is 11.9 Å². The lowest BCUT2D eigenvalue weighted by Crippen LogP contribution is -2.33. The van der Waals surface area contributed by atoms with Gasteiger partial charge in [0.25, 0.3) is 0 Å². The highest BCUT2D eigenvalue weighted by molar-refractivity contribution is 5.85. The van der Waals surface area contributed by atoms with Crippen LogP contribution in [-0.4, -0.2) is 64.7 Å². The number of ether oxygens (including phenoxy) is 1. The lowest BCUT2D eigenvalue weighted by atomic mass is 10.1. The van der Waals surface area contributed by atoms with Crippen LogP contribution >= 0.6 is 0 Å². The Kier molecular flexibility index (Phi) is 3.69. The molecule has 3 N–H and O–H groups in total. The summed E-state index contributed by atoms with van der Waals surface area (Å²) in [6.07, 6.45) is 0.361. The molecule has 124 valence electrons. The molecule has 0 aromatic carbocycles. The minimum absolute atomic E-state index is 0.393. The zero-order valence-electron chi connectivity index (χ0n) is 12.5. The highest BCUT2D eigenvalue weighted by Crippen LogP contribution is 2.32. The molecule has 3 aromatic heterocycles. The van der Waals surface area contributed by atoms with E-state index in [2.05, 4.69) is 19.9 Å². The van der Waals surface area contributed by atoms with Gasteiger partial charge in [-0.3, -0.25) is 9.55 Å². The fourth-order valence-corrected chi connectivity index (χ4v) is 2.84. The van der Waals surface area contributed by atoms with Gasteiger partial charge in [-0.05, 0) is 12.1 Å². The van der Waals surface area contributed by atoms with Crippen LogP contribution < -0.4 is 0 Å². The van der Waals surface area contributed by atoms with Crippen LogP contribution in [0.25, 0.3) is 22.6 Å². The first-order valence-electron chi connectivity index (χ1n) is 7.42. The summed E-state index contributed by atoms with van der Waals surface area (Å²) in [5.74, 6) is 0. The van der Waals surface area contributed by atoms with Crippen LogP contribution in [0, 0.1) is 0 Å². The highest BCUT2D eigenvalue weighted by Gasteiger charge is 2.44. The molecule has 1 aliphatic rings. The summed E-state index contributed by atoms with van der Waals surface area (Å²) in [5.41, 5.74) is 2.16. The van der Waals surface area contributed by atoms with Crippen LogP contribution in [0.5, 0.6) is 0 Å². The first-order valence-corrected chi connectivity index (χ1v) is 7.42. The molecule has 1 aliphatic heterocycles. The van der Waals surface area contributed by atoms with Gasteiger partial charge in [0.2, 0.25) is 0 Å². The zero-order valence-corrected chi connectivity index (χ0v) is 12.5. The minimum Gasteiger partial charge on any atom is -0.394 e. The maximum Gasteiger partial charge on any atom is 0.166 e. The molecule has 0 spiro atoms. The van der Waals surface area contributed by atoms with Gasteiger partial charge < -0.3 is 20.1 Å². The van der Waals surface area contributed by atoms with Crippen LogP contribution in [0.1, 0.15) is 6.23 Å². The number of fused-ring (bicyclic) bond motifs is 1. The van der Waals surface area contributed by atoms with Crippen molar-refractivity contribution in [2.45, 2.75) is 24.5 Å². The Labute approximate surface area is 136 Å². The smallest absolute Gasteiger partial charge is 0.166 e. The summed E-state index contributed by atoms with van der Waals surface area (Å²) in [6, 6.07) is 5.46.